The lowest BCUT2D eigenvalue weighted by molar-refractivity contribution is -0.121. The van der Waals surface area contributed by atoms with Gasteiger partial charge in [0, 0.05) is 25.7 Å². The van der Waals surface area contributed by atoms with E-state index in [1.807, 2.05) is 41.0 Å². The number of benzene rings is 2. The van der Waals surface area contributed by atoms with Gasteiger partial charge in [-0.15, -0.1) is 0 Å². The molecule has 164 valence electrons. The van der Waals surface area contributed by atoms with Crippen LogP contribution in [0.2, 0.25) is 0 Å². The van der Waals surface area contributed by atoms with Crippen LogP contribution in [0.25, 0.3) is 16.9 Å². The molecule has 1 aliphatic rings. The summed E-state index contributed by atoms with van der Waals surface area (Å²) in [7, 11) is 0. The molecule has 0 atom stereocenters. The largest absolute Gasteiger partial charge is 0.352 e. The summed E-state index contributed by atoms with van der Waals surface area (Å²) in [4.78, 5) is 47.1. The molecule has 1 N–H and O–H groups in total. The van der Waals surface area contributed by atoms with Crippen LogP contribution in [0.1, 0.15) is 39.1 Å². The lowest BCUT2D eigenvalue weighted by Gasteiger charge is -2.13. The fourth-order valence-corrected chi connectivity index (χ4v) is 3.93. The van der Waals surface area contributed by atoms with Gasteiger partial charge in [0.15, 0.2) is 0 Å². The molecule has 2 aromatic carbocycles. The van der Waals surface area contributed by atoms with Crippen LogP contribution in [-0.4, -0.2) is 43.7 Å². The Morgan fingerprint density at radius 2 is 1.61 bits per heavy atom. The number of aromatic nitrogens is 3. The molecule has 0 aliphatic carbocycles. The molecule has 0 fully saturated rings. The van der Waals surface area contributed by atoms with Crippen molar-refractivity contribution in [2.75, 3.05) is 6.54 Å². The van der Waals surface area contributed by atoms with E-state index in [0.29, 0.717) is 24.1 Å². The molecule has 33 heavy (non-hydrogen) atoms. The summed E-state index contributed by atoms with van der Waals surface area (Å²) in [5, 5.41) is 2.86. The van der Waals surface area contributed by atoms with Gasteiger partial charge in [0.1, 0.15) is 12.1 Å². The lowest BCUT2D eigenvalue weighted by atomic mass is 10.1. The third-order valence-electron chi connectivity index (χ3n) is 5.66. The molecule has 8 heteroatoms. The van der Waals surface area contributed by atoms with Crippen LogP contribution < -0.4 is 5.32 Å². The summed E-state index contributed by atoms with van der Waals surface area (Å²) >= 11 is 0. The second-order valence-electron chi connectivity index (χ2n) is 7.82. The number of hydrogen-bond donors (Lipinski definition) is 1. The molecule has 3 heterocycles. The molecule has 0 bridgehead atoms. The number of carbonyl (C=O) groups is 3. The Hall–Kier alpha value is -4.33. The Morgan fingerprint density at radius 3 is 2.33 bits per heavy atom. The number of fused-ring (bicyclic) bond motifs is 2. The van der Waals surface area contributed by atoms with E-state index in [-0.39, 0.29) is 30.7 Å². The minimum Gasteiger partial charge on any atom is -0.352 e. The minimum atomic E-state index is -0.298. The molecule has 5 rings (SSSR count). The predicted octanol–water partition coefficient (Wildman–Crippen LogP) is 3.11. The first-order valence-electron chi connectivity index (χ1n) is 10.7. The van der Waals surface area contributed by atoms with Gasteiger partial charge in [-0.2, -0.15) is 0 Å². The number of hydrogen-bond acceptors (Lipinski definition) is 5. The van der Waals surface area contributed by atoms with Gasteiger partial charge in [0.25, 0.3) is 11.8 Å². The van der Waals surface area contributed by atoms with E-state index in [0.717, 1.165) is 22.4 Å². The first kappa shape index (κ1) is 20.6. The molecule has 1 aliphatic heterocycles. The van der Waals surface area contributed by atoms with Crippen LogP contribution in [0.15, 0.2) is 73.2 Å². The van der Waals surface area contributed by atoms with E-state index < -0.39 is 0 Å². The molecule has 0 saturated carbocycles. The van der Waals surface area contributed by atoms with Crippen molar-refractivity contribution in [1.82, 2.24) is 24.8 Å². The molecular weight excluding hydrogens is 418 g/mol. The number of para-hydroxylation sites is 2. The van der Waals surface area contributed by atoms with Gasteiger partial charge >= 0.3 is 0 Å². The zero-order chi connectivity index (χ0) is 22.8. The SMILES string of the molecule is O=C(CCCN1C(=O)c2ccccc2C1=O)NCc1ccc(-n2cnc3ccccc32)nc1. The highest BCUT2D eigenvalue weighted by Crippen LogP contribution is 2.22. The first-order chi connectivity index (χ1) is 16.1. The average molecular weight is 439 g/mol. The predicted molar refractivity (Wildman–Crippen MR) is 122 cm³/mol. The second kappa shape index (κ2) is 8.66. The van der Waals surface area contributed by atoms with Gasteiger partial charge in [-0.1, -0.05) is 30.3 Å². The fraction of sp³-hybridized carbons (Fsp3) is 0.160. The number of nitrogens with zero attached hydrogens (tertiary/aromatic N) is 4. The van der Waals surface area contributed by atoms with E-state index in [9.17, 15) is 14.4 Å². The quantitative estimate of drug-likeness (QED) is 0.446. The Kier molecular flexibility index (Phi) is 5.40. The van der Waals surface area contributed by atoms with Gasteiger partial charge in [-0.3, -0.25) is 23.9 Å². The molecule has 2 aromatic heterocycles. The van der Waals surface area contributed by atoms with E-state index in [1.54, 1.807) is 36.8 Å². The van der Waals surface area contributed by atoms with Crippen LogP contribution in [-0.2, 0) is 11.3 Å². The Morgan fingerprint density at radius 1 is 0.879 bits per heavy atom. The van der Waals surface area contributed by atoms with Crippen molar-refractivity contribution >= 4 is 28.8 Å². The maximum atomic E-state index is 12.4. The van der Waals surface area contributed by atoms with Crippen molar-refractivity contribution in [2.24, 2.45) is 0 Å². The molecule has 0 radical (unpaired) electrons. The van der Waals surface area contributed by atoms with E-state index >= 15 is 0 Å². The Labute approximate surface area is 189 Å². The molecule has 3 amide bonds. The zero-order valence-electron chi connectivity index (χ0n) is 17.8. The Bertz CT molecular complexity index is 1320. The molecule has 0 spiro atoms. The monoisotopic (exact) mass is 439 g/mol. The maximum absolute atomic E-state index is 12.4. The van der Waals surface area contributed by atoms with Crippen molar-refractivity contribution < 1.29 is 14.4 Å². The standard InChI is InChI=1S/C25H21N5O3/c31-23(10-5-13-29-24(32)18-6-1-2-7-19(18)25(29)33)27-15-17-11-12-22(26-14-17)30-16-28-20-8-3-4-9-21(20)30/h1-4,6-9,11-12,14,16H,5,10,13,15H2,(H,27,31). The molecule has 8 nitrogen and oxygen atoms in total. The highest BCUT2D eigenvalue weighted by atomic mass is 16.2. The summed E-state index contributed by atoms with van der Waals surface area (Å²) in [6, 6.07) is 18.4. The van der Waals surface area contributed by atoms with Crippen molar-refractivity contribution in [1.29, 1.82) is 0 Å². The van der Waals surface area contributed by atoms with Crippen LogP contribution in [0.4, 0.5) is 0 Å². The van der Waals surface area contributed by atoms with Crippen LogP contribution >= 0.6 is 0 Å². The van der Waals surface area contributed by atoms with Crippen molar-refractivity contribution in [2.45, 2.75) is 19.4 Å². The van der Waals surface area contributed by atoms with Gasteiger partial charge in [0.2, 0.25) is 5.91 Å². The summed E-state index contributed by atoms with van der Waals surface area (Å²) in [5.74, 6) is 0.0108. The number of pyridine rings is 1. The first-order valence-corrected chi connectivity index (χ1v) is 10.7. The summed E-state index contributed by atoms with van der Waals surface area (Å²) < 4.78 is 1.91. The van der Waals surface area contributed by atoms with Crippen molar-refractivity contribution in [3.05, 3.63) is 89.9 Å². The van der Waals surface area contributed by atoms with Crippen LogP contribution in [0.5, 0.6) is 0 Å². The third-order valence-corrected chi connectivity index (χ3v) is 5.66. The van der Waals surface area contributed by atoms with Crippen LogP contribution in [0, 0.1) is 0 Å². The van der Waals surface area contributed by atoms with E-state index in [4.69, 9.17) is 0 Å². The van der Waals surface area contributed by atoms with E-state index in [1.165, 1.54) is 4.90 Å². The van der Waals surface area contributed by atoms with Crippen molar-refractivity contribution in [3.63, 3.8) is 0 Å². The third kappa shape index (κ3) is 3.98. The fourth-order valence-electron chi connectivity index (χ4n) is 3.93. The number of carbonyl (C=O) groups excluding carboxylic acids is 3. The normalized spacial score (nSPS) is 12.9. The Balaban J connectivity index is 1.11. The maximum Gasteiger partial charge on any atom is 0.261 e. The minimum absolute atomic E-state index is 0.142. The lowest BCUT2D eigenvalue weighted by Crippen LogP contribution is -2.32. The van der Waals surface area contributed by atoms with Crippen LogP contribution in [0.3, 0.4) is 0 Å². The van der Waals surface area contributed by atoms with Gasteiger partial charge < -0.3 is 5.32 Å². The van der Waals surface area contributed by atoms with Gasteiger partial charge in [0.05, 0.1) is 22.2 Å². The highest BCUT2D eigenvalue weighted by molar-refractivity contribution is 6.21. The number of nitrogens with one attached hydrogen (secondary N) is 1. The second-order valence-corrected chi connectivity index (χ2v) is 7.82. The van der Waals surface area contributed by atoms with Crippen molar-refractivity contribution in [3.8, 4) is 5.82 Å². The summed E-state index contributed by atoms with van der Waals surface area (Å²) in [6.45, 7) is 0.568. The average Bonchev–Trinajstić information content (AvgIpc) is 3.38. The topological polar surface area (TPSA) is 97.2 Å². The highest BCUT2D eigenvalue weighted by Gasteiger charge is 2.34. The smallest absolute Gasteiger partial charge is 0.261 e. The molecule has 0 unspecified atom stereocenters. The number of amides is 3. The molecule has 4 aromatic rings. The number of imidazole rings is 1. The van der Waals surface area contributed by atoms with E-state index in [2.05, 4.69) is 15.3 Å². The summed E-state index contributed by atoms with van der Waals surface area (Å²) in [5.41, 5.74) is 3.59. The van der Waals surface area contributed by atoms with Gasteiger partial charge in [-0.25, -0.2) is 9.97 Å². The molecular formula is C25H21N5O3. The summed E-state index contributed by atoms with van der Waals surface area (Å²) in [6.07, 6.45) is 4.09. The molecule has 0 saturated heterocycles. The number of rotatable bonds is 7. The van der Waals surface area contributed by atoms with Gasteiger partial charge in [-0.05, 0) is 42.3 Å². The zero-order valence-corrected chi connectivity index (χ0v) is 17.8. The number of imide groups is 1.